The number of fused-ring (bicyclic) bond motifs is 1. The van der Waals surface area contributed by atoms with E-state index in [0.717, 1.165) is 51.4 Å². The zero-order valence-electron chi connectivity index (χ0n) is 11.6. The second-order valence-corrected chi connectivity index (χ2v) is 5.55. The summed E-state index contributed by atoms with van der Waals surface area (Å²) in [4.78, 5) is 2.40. The Balaban J connectivity index is 1.47. The van der Waals surface area contributed by atoms with E-state index >= 15 is 0 Å². The summed E-state index contributed by atoms with van der Waals surface area (Å²) in [7, 11) is 2.20. The van der Waals surface area contributed by atoms with Crippen LogP contribution in [0.15, 0.2) is 18.2 Å². The second kappa shape index (κ2) is 5.80. The van der Waals surface area contributed by atoms with Gasteiger partial charge in [-0.15, -0.1) is 0 Å². The highest BCUT2D eigenvalue weighted by molar-refractivity contribution is 5.52. The first kappa shape index (κ1) is 12.8. The van der Waals surface area contributed by atoms with Gasteiger partial charge in [-0.2, -0.15) is 0 Å². The minimum Gasteiger partial charge on any atom is -0.493 e. The van der Waals surface area contributed by atoms with Crippen molar-refractivity contribution < 1.29 is 4.74 Å². The zero-order chi connectivity index (χ0) is 13.1. The fourth-order valence-corrected chi connectivity index (χ4v) is 2.87. The van der Waals surface area contributed by atoms with E-state index < -0.39 is 0 Å². The van der Waals surface area contributed by atoms with Gasteiger partial charge in [-0.1, -0.05) is 0 Å². The van der Waals surface area contributed by atoms with E-state index in [9.17, 15) is 0 Å². The van der Waals surface area contributed by atoms with Gasteiger partial charge < -0.3 is 20.3 Å². The molecule has 1 aromatic carbocycles. The molecule has 1 saturated heterocycles. The summed E-state index contributed by atoms with van der Waals surface area (Å²) in [6, 6.07) is 7.04. The molecule has 0 amide bonds. The van der Waals surface area contributed by atoms with Crippen LogP contribution in [0.3, 0.4) is 0 Å². The molecule has 4 nitrogen and oxygen atoms in total. The summed E-state index contributed by atoms with van der Waals surface area (Å²) < 4.78 is 5.52. The SMILES string of the molecule is CN1CCNC(CCNc2ccc3c(c2)CCO3)C1. The van der Waals surface area contributed by atoms with E-state index in [1.807, 2.05) is 0 Å². The summed E-state index contributed by atoms with van der Waals surface area (Å²) in [6.45, 7) is 5.27. The van der Waals surface area contributed by atoms with Crippen LogP contribution in [-0.2, 0) is 6.42 Å². The zero-order valence-corrected chi connectivity index (χ0v) is 11.6. The van der Waals surface area contributed by atoms with Gasteiger partial charge in [0.05, 0.1) is 6.61 Å². The Morgan fingerprint density at radius 3 is 3.32 bits per heavy atom. The number of rotatable bonds is 4. The van der Waals surface area contributed by atoms with Crippen LogP contribution >= 0.6 is 0 Å². The molecule has 0 radical (unpaired) electrons. The van der Waals surface area contributed by atoms with Crippen LogP contribution in [0.4, 0.5) is 5.69 Å². The maximum Gasteiger partial charge on any atom is 0.122 e. The number of nitrogens with one attached hydrogen (secondary N) is 2. The predicted octanol–water partition coefficient (Wildman–Crippen LogP) is 1.33. The molecular formula is C15H23N3O. The lowest BCUT2D eigenvalue weighted by Crippen LogP contribution is -2.49. The molecule has 1 aromatic rings. The third kappa shape index (κ3) is 3.19. The molecule has 0 saturated carbocycles. The van der Waals surface area contributed by atoms with Crippen LogP contribution < -0.4 is 15.4 Å². The largest absolute Gasteiger partial charge is 0.493 e. The lowest BCUT2D eigenvalue weighted by Gasteiger charge is -2.31. The molecule has 0 aromatic heterocycles. The maximum atomic E-state index is 5.52. The van der Waals surface area contributed by atoms with Crippen molar-refractivity contribution in [3.8, 4) is 5.75 Å². The molecule has 3 rings (SSSR count). The Hall–Kier alpha value is -1.26. The van der Waals surface area contributed by atoms with Crippen molar-refractivity contribution in [3.63, 3.8) is 0 Å². The van der Waals surface area contributed by atoms with E-state index in [4.69, 9.17) is 4.74 Å². The molecule has 2 aliphatic rings. The smallest absolute Gasteiger partial charge is 0.122 e. The highest BCUT2D eigenvalue weighted by Crippen LogP contribution is 2.27. The van der Waals surface area contributed by atoms with E-state index in [1.54, 1.807) is 0 Å². The maximum absolute atomic E-state index is 5.52. The first-order chi connectivity index (χ1) is 9.31. The second-order valence-electron chi connectivity index (χ2n) is 5.55. The van der Waals surface area contributed by atoms with Crippen LogP contribution in [0.5, 0.6) is 5.75 Å². The van der Waals surface area contributed by atoms with Gasteiger partial charge in [-0.05, 0) is 37.2 Å². The molecule has 19 heavy (non-hydrogen) atoms. The van der Waals surface area contributed by atoms with Crippen LogP contribution in [0.1, 0.15) is 12.0 Å². The Morgan fingerprint density at radius 1 is 1.47 bits per heavy atom. The molecular weight excluding hydrogens is 238 g/mol. The number of likely N-dealkylation sites (N-methyl/N-ethyl adjacent to an activating group) is 1. The molecule has 1 unspecified atom stereocenters. The van der Waals surface area contributed by atoms with Crippen molar-refractivity contribution in [2.45, 2.75) is 18.9 Å². The Kier molecular flexibility index (Phi) is 3.89. The summed E-state index contributed by atoms with van der Waals surface area (Å²) in [5.41, 5.74) is 2.55. The predicted molar refractivity (Wildman–Crippen MR) is 78.0 cm³/mol. The fourth-order valence-electron chi connectivity index (χ4n) is 2.87. The van der Waals surface area contributed by atoms with Crippen LogP contribution in [0.2, 0.25) is 0 Å². The molecule has 2 N–H and O–H groups in total. The highest BCUT2D eigenvalue weighted by atomic mass is 16.5. The molecule has 104 valence electrons. The number of hydrogen-bond donors (Lipinski definition) is 2. The van der Waals surface area contributed by atoms with Crippen molar-refractivity contribution >= 4 is 5.69 Å². The van der Waals surface area contributed by atoms with Gasteiger partial charge in [-0.25, -0.2) is 0 Å². The van der Waals surface area contributed by atoms with Gasteiger partial charge in [0.1, 0.15) is 5.75 Å². The van der Waals surface area contributed by atoms with Crippen LogP contribution in [0.25, 0.3) is 0 Å². The molecule has 0 bridgehead atoms. The van der Waals surface area contributed by atoms with Gasteiger partial charge in [0.2, 0.25) is 0 Å². The molecule has 2 heterocycles. The summed E-state index contributed by atoms with van der Waals surface area (Å²) in [5.74, 6) is 1.06. The lowest BCUT2D eigenvalue weighted by atomic mass is 10.1. The Bertz CT molecular complexity index is 435. The molecule has 1 fully saturated rings. The quantitative estimate of drug-likeness (QED) is 0.857. The molecule has 1 atom stereocenters. The third-order valence-electron chi connectivity index (χ3n) is 3.97. The van der Waals surface area contributed by atoms with Gasteiger partial charge in [0, 0.05) is 44.3 Å². The summed E-state index contributed by atoms with van der Waals surface area (Å²) in [6.07, 6.45) is 2.21. The molecule has 0 spiro atoms. The minimum absolute atomic E-state index is 0.615. The fraction of sp³-hybridized carbons (Fsp3) is 0.600. The van der Waals surface area contributed by atoms with E-state index in [2.05, 4.69) is 40.8 Å². The van der Waals surface area contributed by atoms with Gasteiger partial charge in [0.15, 0.2) is 0 Å². The highest BCUT2D eigenvalue weighted by Gasteiger charge is 2.16. The molecule has 2 aliphatic heterocycles. The number of hydrogen-bond acceptors (Lipinski definition) is 4. The van der Waals surface area contributed by atoms with Crippen LogP contribution in [-0.4, -0.2) is 50.8 Å². The first-order valence-corrected chi connectivity index (χ1v) is 7.23. The number of benzene rings is 1. The summed E-state index contributed by atoms with van der Waals surface area (Å²) >= 11 is 0. The van der Waals surface area contributed by atoms with E-state index in [-0.39, 0.29) is 0 Å². The van der Waals surface area contributed by atoms with Crippen molar-refractivity contribution in [2.24, 2.45) is 0 Å². The van der Waals surface area contributed by atoms with Gasteiger partial charge >= 0.3 is 0 Å². The van der Waals surface area contributed by atoms with Gasteiger partial charge in [-0.3, -0.25) is 0 Å². The van der Waals surface area contributed by atoms with Crippen molar-refractivity contribution in [2.75, 3.05) is 45.2 Å². The van der Waals surface area contributed by atoms with E-state index in [0.29, 0.717) is 6.04 Å². The molecule has 0 aliphatic carbocycles. The van der Waals surface area contributed by atoms with E-state index in [1.165, 1.54) is 11.3 Å². The topological polar surface area (TPSA) is 36.5 Å². The number of piperazine rings is 1. The van der Waals surface area contributed by atoms with Crippen molar-refractivity contribution in [3.05, 3.63) is 23.8 Å². The number of anilines is 1. The average molecular weight is 261 g/mol. The monoisotopic (exact) mass is 261 g/mol. The average Bonchev–Trinajstić information content (AvgIpc) is 2.86. The normalized spacial score (nSPS) is 22.9. The first-order valence-electron chi connectivity index (χ1n) is 7.23. The standard InChI is InChI=1S/C15H23N3O/c1-18-8-7-17-14(11-18)4-6-16-13-2-3-15-12(10-13)5-9-19-15/h2-3,10,14,16-17H,4-9,11H2,1H3. The summed E-state index contributed by atoms with van der Waals surface area (Å²) in [5, 5.41) is 7.10. The Morgan fingerprint density at radius 2 is 2.42 bits per heavy atom. The van der Waals surface area contributed by atoms with Crippen LogP contribution in [0, 0.1) is 0 Å². The number of nitrogens with zero attached hydrogens (tertiary/aromatic N) is 1. The third-order valence-corrected chi connectivity index (χ3v) is 3.97. The Labute approximate surface area is 115 Å². The van der Waals surface area contributed by atoms with Crippen molar-refractivity contribution in [1.29, 1.82) is 0 Å². The number of ether oxygens (including phenoxy) is 1. The van der Waals surface area contributed by atoms with Gasteiger partial charge in [0.25, 0.3) is 0 Å². The molecule has 4 heteroatoms. The minimum atomic E-state index is 0.615. The van der Waals surface area contributed by atoms with Crippen molar-refractivity contribution in [1.82, 2.24) is 10.2 Å². The lowest BCUT2D eigenvalue weighted by molar-refractivity contribution is 0.234.